The number of hydrogen-bond acceptors (Lipinski definition) is 4. The van der Waals surface area contributed by atoms with Crippen molar-refractivity contribution >= 4 is 18.3 Å². The first-order chi connectivity index (χ1) is 15.6. The van der Waals surface area contributed by atoms with E-state index in [1.807, 2.05) is 34.7 Å². The van der Waals surface area contributed by atoms with Crippen molar-refractivity contribution in [3.8, 4) is 5.69 Å². The highest BCUT2D eigenvalue weighted by Crippen LogP contribution is 2.27. The Balaban J connectivity index is 0.00000259. The third kappa shape index (κ3) is 4.80. The molecule has 0 spiro atoms. The predicted molar refractivity (Wildman–Crippen MR) is 127 cm³/mol. The molecule has 0 saturated carbocycles. The number of aromatic nitrogens is 3. The molecular weight excluding hydrogens is 441 g/mol. The van der Waals surface area contributed by atoms with Gasteiger partial charge in [0.2, 0.25) is 0 Å². The molecule has 0 atom stereocenters. The van der Waals surface area contributed by atoms with Crippen LogP contribution in [-0.2, 0) is 19.5 Å². The summed E-state index contributed by atoms with van der Waals surface area (Å²) in [5.41, 5.74) is 5.88. The number of nitrogens with zero attached hydrogens (tertiary/aromatic N) is 5. The zero-order valence-corrected chi connectivity index (χ0v) is 19.7. The Morgan fingerprint density at radius 1 is 1.03 bits per heavy atom. The molecule has 0 N–H and O–H groups in total. The maximum absolute atomic E-state index is 13.2. The van der Waals surface area contributed by atoms with E-state index in [0.29, 0.717) is 5.69 Å². The van der Waals surface area contributed by atoms with E-state index in [1.165, 1.54) is 29.7 Å². The molecule has 1 saturated heterocycles. The molecule has 2 aliphatic heterocycles. The fourth-order valence-electron chi connectivity index (χ4n) is 4.83. The zero-order chi connectivity index (χ0) is 22.1. The third-order valence-corrected chi connectivity index (χ3v) is 6.61. The normalized spacial score (nSPS) is 16.2. The number of carbonyl (C=O) groups excluding carboxylic acids is 1. The lowest BCUT2D eigenvalue weighted by Gasteiger charge is -2.30. The molecule has 0 unspecified atom stereocenters. The summed E-state index contributed by atoms with van der Waals surface area (Å²) in [7, 11) is 0. The van der Waals surface area contributed by atoms with Crippen molar-refractivity contribution in [1.29, 1.82) is 0 Å². The molecule has 1 amide bonds. The molecule has 3 aromatic rings. The van der Waals surface area contributed by atoms with Gasteiger partial charge in [0.1, 0.15) is 5.82 Å². The third-order valence-electron chi connectivity index (χ3n) is 6.61. The molecule has 174 valence electrons. The summed E-state index contributed by atoms with van der Waals surface area (Å²) in [5, 5.41) is 8.65. The van der Waals surface area contributed by atoms with Crippen LogP contribution in [0.1, 0.15) is 52.1 Å². The molecule has 5 rings (SSSR count). The van der Waals surface area contributed by atoms with Gasteiger partial charge >= 0.3 is 0 Å². The fourth-order valence-corrected chi connectivity index (χ4v) is 4.83. The Bertz CT molecular complexity index is 1120. The number of carbonyl (C=O) groups is 1. The van der Waals surface area contributed by atoms with Crippen LogP contribution in [0.15, 0.2) is 42.5 Å². The van der Waals surface area contributed by atoms with Crippen LogP contribution in [-0.4, -0.2) is 50.3 Å². The SMILES string of the molecule is Cc1c(C(=O)N2CCCCC2)nnn1-c1cccc2c1CCN(Cc1ccc(F)cc1)C2.Cl. The van der Waals surface area contributed by atoms with Gasteiger partial charge in [-0.15, -0.1) is 17.5 Å². The lowest BCUT2D eigenvalue weighted by Crippen LogP contribution is -2.36. The van der Waals surface area contributed by atoms with Gasteiger partial charge < -0.3 is 4.90 Å². The second-order valence-electron chi connectivity index (χ2n) is 8.79. The van der Waals surface area contributed by atoms with Gasteiger partial charge in [0, 0.05) is 32.7 Å². The summed E-state index contributed by atoms with van der Waals surface area (Å²) in [6, 6.07) is 13.0. The van der Waals surface area contributed by atoms with Crippen LogP contribution in [0.25, 0.3) is 5.69 Å². The van der Waals surface area contributed by atoms with Gasteiger partial charge in [-0.1, -0.05) is 29.5 Å². The molecule has 1 aromatic heterocycles. The molecule has 0 bridgehead atoms. The molecule has 33 heavy (non-hydrogen) atoms. The smallest absolute Gasteiger partial charge is 0.276 e. The summed E-state index contributed by atoms with van der Waals surface area (Å²) in [5.74, 6) is -0.215. The van der Waals surface area contributed by atoms with E-state index in [0.717, 1.165) is 68.9 Å². The summed E-state index contributed by atoms with van der Waals surface area (Å²) >= 11 is 0. The molecule has 3 heterocycles. The Labute approximate surface area is 199 Å². The second-order valence-corrected chi connectivity index (χ2v) is 8.79. The van der Waals surface area contributed by atoms with Gasteiger partial charge in [-0.3, -0.25) is 9.69 Å². The van der Waals surface area contributed by atoms with Gasteiger partial charge in [0.15, 0.2) is 5.69 Å². The van der Waals surface area contributed by atoms with E-state index in [9.17, 15) is 9.18 Å². The first kappa shape index (κ1) is 23.4. The van der Waals surface area contributed by atoms with Crippen molar-refractivity contribution in [1.82, 2.24) is 24.8 Å². The molecule has 2 aliphatic rings. The molecule has 1 fully saturated rings. The Kier molecular flexibility index (Phi) is 7.10. The number of rotatable bonds is 4. The van der Waals surface area contributed by atoms with Crippen LogP contribution in [0.5, 0.6) is 0 Å². The lowest BCUT2D eigenvalue weighted by atomic mass is 9.97. The number of amides is 1. The molecule has 8 heteroatoms. The highest BCUT2D eigenvalue weighted by molar-refractivity contribution is 5.93. The Morgan fingerprint density at radius 3 is 2.55 bits per heavy atom. The zero-order valence-electron chi connectivity index (χ0n) is 18.8. The van der Waals surface area contributed by atoms with Gasteiger partial charge in [-0.25, -0.2) is 9.07 Å². The lowest BCUT2D eigenvalue weighted by molar-refractivity contribution is 0.0717. The second kappa shape index (κ2) is 10.0. The van der Waals surface area contributed by atoms with E-state index in [1.54, 1.807) is 0 Å². The van der Waals surface area contributed by atoms with Gasteiger partial charge in [0.25, 0.3) is 5.91 Å². The van der Waals surface area contributed by atoms with Gasteiger partial charge in [-0.05, 0) is 67.5 Å². The maximum atomic E-state index is 13.2. The van der Waals surface area contributed by atoms with Crippen molar-refractivity contribution in [2.24, 2.45) is 0 Å². The largest absolute Gasteiger partial charge is 0.337 e. The number of halogens is 2. The van der Waals surface area contributed by atoms with Crippen LogP contribution in [0, 0.1) is 12.7 Å². The van der Waals surface area contributed by atoms with Crippen molar-refractivity contribution in [3.05, 3.63) is 76.4 Å². The van der Waals surface area contributed by atoms with Crippen LogP contribution in [0.3, 0.4) is 0 Å². The highest BCUT2D eigenvalue weighted by atomic mass is 35.5. The molecular formula is C25H29ClFN5O. The first-order valence-corrected chi connectivity index (χ1v) is 11.4. The van der Waals surface area contributed by atoms with Crippen molar-refractivity contribution in [2.45, 2.75) is 45.7 Å². The first-order valence-electron chi connectivity index (χ1n) is 11.4. The highest BCUT2D eigenvalue weighted by Gasteiger charge is 2.26. The van der Waals surface area contributed by atoms with Crippen molar-refractivity contribution < 1.29 is 9.18 Å². The summed E-state index contributed by atoms with van der Waals surface area (Å²) < 4.78 is 15.0. The minimum Gasteiger partial charge on any atom is -0.337 e. The average molecular weight is 470 g/mol. The number of piperidine rings is 1. The van der Waals surface area contributed by atoms with Crippen molar-refractivity contribution in [3.63, 3.8) is 0 Å². The predicted octanol–water partition coefficient (Wildman–Crippen LogP) is 4.32. The van der Waals surface area contributed by atoms with E-state index < -0.39 is 0 Å². The minimum atomic E-state index is -0.205. The monoisotopic (exact) mass is 469 g/mol. The summed E-state index contributed by atoms with van der Waals surface area (Å²) in [6.07, 6.45) is 4.18. The Hall–Kier alpha value is -2.77. The van der Waals surface area contributed by atoms with Crippen molar-refractivity contribution in [2.75, 3.05) is 19.6 Å². The number of fused-ring (bicyclic) bond motifs is 1. The minimum absolute atomic E-state index is 0. The van der Waals surface area contributed by atoms with Crippen LogP contribution in [0.4, 0.5) is 4.39 Å². The molecule has 2 aromatic carbocycles. The van der Waals surface area contributed by atoms with Crippen LogP contribution in [0.2, 0.25) is 0 Å². The van der Waals surface area contributed by atoms with E-state index in [4.69, 9.17) is 0 Å². The quantitative estimate of drug-likeness (QED) is 0.571. The summed E-state index contributed by atoms with van der Waals surface area (Å²) in [4.78, 5) is 17.2. The topological polar surface area (TPSA) is 54.3 Å². The number of benzene rings is 2. The average Bonchev–Trinajstić information content (AvgIpc) is 3.21. The molecule has 0 aliphatic carbocycles. The number of hydrogen-bond donors (Lipinski definition) is 0. The van der Waals surface area contributed by atoms with Gasteiger partial charge in [-0.2, -0.15) is 0 Å². The maximum Gasteiger partial charge on any atom is 0.276 e. The number of likely N-dealkylation sites (tertiary alicyclic amines) is 1. The molecule has 6 nitrogen and oxygen atoms in total. The summed E-state index contributed by atoms with van der Waals surface area (Å²) in [6.45, 7) is 6.06. The van der Waals surface area contributed by atoms with E-state index in [-0.39, 0.29) is 24.1 Å². The standard InChI is InChI=1S/C25H28FN5O.ClH/c1-18-24(25(32)30-13-3-2-4-14-30)27-28-31(18)23-7-5-6-20-17-29(15-12-22(20)23)16-19-8-10-21(26)11-9-19;/h5-11H,2-4,12-17H2,1H3;1H. The van der Waals surface area contributed by atoms with Crippen LogP contribution < -0.4 is 0 Å². The molecule has 0 radical (unpaired) electrons. The Morgan fingerprint density at radius 2 is 1.79 bits per heavy atom. The fraction of sp³-hybridized carbons (Fsp3) is 0.400. The van der Waals surface area contributed by atoms with Crippen LogP contribution >= 0.6 is 12.4 Å². The van der Waals surface area contributed by atoms with E-state index in [2.05, 4.69) is 27.3 Å². The van der Waals surface area contributed by atoms with Gasteiger partial charge in [0.05, 0.1) is 11.4 Å². The van der Waals surface area contributed by atoms with E-state index >= 15 is 0 Å².